The molecule has 1 atom stereocenters. The molecule has 0 amide bonds. The largest absolute Gasteiger partial charge is 0.313 e. The predicted octanol–water partition coefficient (Wildman–Crippen LogP) is 4.20. The van der Waals surface area contributed by atoms with Gasteiger partial charge in [0.25, 0.3) is 0 Å². The Bertz CT molecular complexity index is 319. The van der Waals surface area contributed by atoms with Gasteiger partial charge in [-0.05, 0) is 25.6 Å². The number of nitrogens with one attached hydrogen (secondary N) is 1. The number of hydrogen-bond donors (Lipinski definition) is 1. The standard InChI is InChI=1S/C14H21F2N/c1-3-4-5-6-10-13(17-2)14-11(15)8-7-9-12(14)16/h7-9,13,17H,3-6,10H2,1-2H3. The molecule has 1 N–H and O–H groups in total. The van der Waals surface area contributed by atoms with E-state index in [-0.39, 0.29) is 11.6 Å². The maximum Gasteiger partial charge on any atom is 0.130 e. The highest BCUT2D eigenvalue weighted by atomic mass is 19.1. The highest BCUT2D eigenvalue weighted by Crippen LogP contribution is 2.25. The first-order chi connectivity index (χ1) is 8.20. The van der Waals surface area contributed by atoms with Crippen molar-refractivity contribution in [3.8, 4) is 0 Å². The number of unbranched alkanes of at least 4 members (excludes halogenated alkanes) is 3. The van der Waals surface area contributed by atoms with Crippen molar-refractivity contribution in [3.05, 3.63) is 35.4 Å². The van der Waals surface area contributed by atoms with Gasteiger partial charge in [-0.1, -0.05) is 38.7 Å². The van der Waals surface area contributed by atoms with Gasteiger partial charge < -0.3 is 5.32 Å². The summed E-state index contributed by atoms with van der Waals surface area (Å²) in [6, 6.07) is 3.80. The van der Waals surface area contributed by atoms with Gasteiger partial charge in [0.15, 0.2) is 0 Å². The molecule has 0 aliphatic rings. The lowest BCUT2D eigenvalue weighted by Gasteiger charge is -2.17. The lowest BCUT2D eigenvalue weighted by Crippen LogP contribution is -2.19. The molecule has 0 bridgehead atoms. The second-order valence-corrected chi connectivity index (χ2v) is 4.33. The highest BCUT2D eigenvalue weighted by Gasteiger charge is 2.17. The molecule has 17 heavy (non-hydrogen) atoms. The Labute approximate surface area is 102 Å². The number of halogens is 2. The Morgan fingerprint density at radius 2 is 1.76 bits per heavy atom. The Morgan fingerprint density at radius 1 is 1.12 bits per heavy atom. The smallest absolute Gasteiger partial charge is 0.130 e. The van der Waals surface area contributed by atoms with Crippen molar-refractivity contribution in [2.24, 2.45) is 0 Å². The first kappa shape index (κ1) is 14.1. The molecule has 1 unspecified atom stereocenters. The number of rotatable bonds is 7. The first-order valence-electron chi connectivity index (χ1n) is 6.31. The summed E-state index contributed by atoms with van der Waals surface area (Å²) in [5, 5.41) is 3.00. The molecule has 0 aromatic heterocycles. The van der Waals surface area contributed by atoms with E-state index >= 15 is 0 Å². The van der Waals surface area contributed by atoms with E-state index in [4.69, 9.17) is 0 Å². The van der Waals surface area contributed by atoms with Crippen LogP contribution < -0.4 is 5.32 Å². The van der Waals surface area contributed by atoms with Gasteiger partial charge in [0, 0.05) is 11.6 Å². The van der Waals surface area contributed by atoms with E-state index in [1.807, 2.05) is 0 Å². The fraction of sp³-hybridized carbons (Fsp3) is 0.571. The van der Waals surface area contributed by atoms with E-state index < -0.39 is 11.6 Å². The second-order valence-electron chi connectivity index (χ2n) is 4.33. The van der Waals surface area contributed by atoms with Gasteiger partial charge in [-0.2, -0.15) is 0 Å². The van der Waals surface area contributed by atoms with Crippen LogP contribution in [-0.2, 0) is 0 Å². The molecule has 96 valence electrons. The van der Waals surface area contributed by atoms with Crippen molar-refractivity contribution in [1.82, 2.24) is 5.32 Å². The lowest BCUT2D eigenvalue weighted by molar-refractivity contribution is 0.453. The Balaban J connectivity index is 2.66. The summed E-state index contributed by atoms with van der Waals surface area (Å²) in [6.07, 6.45) is 5.22. The molecule has 0 fully saturated rings. The topological polar surface area (TPSA) is 12.0 Å². The van der Waals surface area contributed by atoms with Gasteiger partial charge in [-0.15, -0.1) is 0 Å². The molecule has 1 aromatic rings. The van der Waals surface area contributed by atoms with Crippen LogP contribution in [-0.4, -0.2) is 7.05 Å². The Hall–Kier alpha value is -0.960. The maximum absolute atomic E-state index is 13.6. The predicted molar refractivity (Wildman–Crippen MR) is 66.9 cm³/mol. The van der Waals surface area contributed by atoms with Crippen LogP contribution in [0, 0.1) is 11.6 Å². The minimum absolute atomic E-state index is 0.173. The molecule has 0 heterocycles. The third kappa shape index (κ3) is 4.08. The molecule has 0 saturated heterocycles. The average Bonchev–Trinajstić information content (AvgIpc) is 2.31. The van der Waals surface area contributed by atoms with Crippen LogP contribution in [0.25, 0.3) is 0 Å². The van der Waals surface area contributed by atoms with Gasteiger partial charge in [0.05, 0.1) is 0 Å². The van der Waals surface area contributed by atoms with Crippen LogP contribution in [0.15, 0.2) is 18.2 Å². The van der Waals surface area contributed by atoms with E-state index in [1.165, 1.54) is 24.6 Å². The SMILES string of the molecule is CCCCCCC(NC)c1c(F)cccc1F. The normalized spacial score (nSPS) is 12.7. The summed E-state index contributed by atoms with van der Waals surface area (Å²) < 4.78 is 27.2. The van der Waals surface area contributed by atoms with Crippen molar-refractivity contribution in [2.45, 2.75) is 45.1 Å². The first-order valence-corrected chi connectivity index (χ1v) is 6.31. The van der Waals surface area contributed by atoms with E-state index in [1.54, 1.807) is 7.05 Å². The molecule has 0 saturated carbocycles. The molecule has 1 nitrogen and oxygen atoms in total. The molecule has 0 aliphatic heterocycles. The van der Waals surface area contributed by atoms with Crippen LogP contribution in [0.3, 0.4) is 0 Å². The fourth-order valence-electron chi connectivity index (χ4n) is 2.05. The zero-order chi connectivity index (χ0) is 12.7. The van der Waals surface area contributed by atoms with Gasteiger partial charge >= 0.3 is 0 Å². The summed E-state index contributed by atoms with van der Waals surface area (Å²) in [5.41, 5.74) is 0.173. The molecule has 1 rings (SSSR count). The zero-order valence-electron chi connectivity index (χ0n) is 10.6. The lowest BCUT2D eigenvalue weighted by atomic mass is 9.99. The second kappa shape index (κ2) is 7.38. The summed E-state index contributed by atoms with van der Waals surface area (Å²) in [4.78, 5) is 0. The van der Waals surface area contributed by atoms with E-state index in [0.29, 0.717) is 0 Å². The van der Waals surface area contributed by atoms with Crippen molar-refractivity contribution in [1.29, 1.82) is 0 Å². The minimum atomic E-state index is -0.458. The Morgan fingerprint density at radius 3 is 2.29 bits per heavy atom. The summed E-state index contributed by atoms with van der Waals surface area (Å²) in [6.45, 7) is 2.14. The van der Waals surface area contributed by atoms with Crippen molar-refractivity contribution in [3.63, 3.8) is 0 Å². The monoisotopic (exact) mass is 241 g/mol. The maximum atomic E-state index is 13.6. The van der Waals surface area contributed by atoms with Gasteiger partial charge in [-0.25, -0.2) is 8.78 Å². The number of benzene rings is 1. The van der Waals surface area contributed by atoms with Gasteiger partial charge in [0.2, 0.25) is 0 Å². The van der Waals surface area contributed by atoms with Crippen LogP contribution in [0.2, 0.25) is 0 Å². The van der Waals surface area contributed by atoms with Crippen molar-refractivity contribution < 1.29 is 8.78 Å². The van der Waals surface area contributed by atoms with Crippen LogP contribution in [0.4, 0.5) is 8.78 Å². The Kier molecular flexibility index (Phi) is 6.12. The molecular weight excluding hydrogens is 220 g/mol. The molecular formula is C14H21F2N. The zero-order valence-corrected chi connectivity index (χ0v) is 10.6. The van der Waals surface area contributed by atoms with Crippen LogP contribution in [0.5, 0.6) is 0 Å². The molecule has 1 aromatic carbocycles. The quantitative estimate of drug-likeness (QED) is 0.706. The highest BCUT2D eigenvalue weighted by molar-refractivity contribution is 5.23. The average molecular weight is 241 g/mol. The van der Waals surface area contributed by atoms with Crippen LogP contribution in [0.1, 0.15) is 50.6 Å². The van der Waals surface area contributed by atoms with Crippen LogP contribution >= 0.6 is 0 Å². The summed E-state index contributed by atoms with van der Waals surface area (Å²) >= 11 is 0. The third-order valence-electron chi connectivity index (χ3n) is 3.04. The molecule has 3 heteroatoms. The summed E-state index contributed by atoms with van der Waals surface area (Å²) in [5.74, 6) is -0.917. The van der Waals surface area contributed by atoms with E-state index in [2.05, 4.69) is 12.2 Å². The van der Waals surface area contributed by atoms with Crippen molar-refractivity contribution >= 4 is 0 Å². The summed E-state index contributed by atoms with van der Waals surface area (Å²) in [7, 11) is 1.75. The fourth-order valence-corrected chi connectivity index (χ4v) is 2.05. The van der Waals surface area contributed by atoms with E-state index in [9.17, 15) is 8.78 Å². The van der Waals surface area contributed by atoms with Gasteiger partial charge in [0.1, 0.15) is 11.6 Å². The van der Waals surface area contributed by atoms with Crippen molar-refractivity contribution in [2.75, 3.05) is 7.05 Å². The third-order valence-corrected chi connectivity index (χ3v) is 3.04. The minimum Gasteiger partial charge on any atom is -0.313 e. The molecule has 0 radical (unpaired) electrons. The molecule has 0 aliphatic carbocycles. The van der Waals surface area contributed by atoms with E-state index in [0.717, 1.165) is 25.7 Å². The molecule has 0 spiro atoms. The number of hydrogen-bond acceptors (Lipinski definition) is 1. The van der Waals surface area contributed by atoms with Gasteiger partial charge in [-0.3, -0.25) is 0 Å².